The standard InChI is InChI=1S/C13H8BrCl2NO3/c14-10-5-8(7-15)1-3-12(10)20-13-4-2-9(16)6-11(13)17(18)19/h1-6H,7H2. The maximum Gasteiger partial charge on any atom is 0.313 e. The van der Waals surface area contributed by atoms with E-state index in [2.05, 4.69) is 15.9 Å². The van der Waals surface area contributed by atoms with E-state index in [4.69, 9.17) is 27.9 Å². The number of nitrogens with zero attached hydrogens (tertiary/aromatic N) is 1. The molecule has 2 aromatic rings. The van der Waals surface area contributed by atoms with E-state index in [1.165, 1.54) is 18.2 Å². The van der Waals surface area contributed by atoms with Gasteiger partial charge >= 0.3 is 5.69 Å². The van der Waals surface area contributed by atoms with Gasteiger partial charge in [0.1, 0.15) is 5.75 Å². The summed E-state index contributed by atoms with van der Waals surface area (Å²) in [4.78, 5) is 10.4. The Bertz CT molecular complexity index is 664. The van der Waals surface area contributed by atoms with Crippen molar-refractivity contribution in [1.82, 2.24) is 0 Å². The average molecular weight is 377 g/mol. The molecule has 0 fully saturated rings. The first-order valence-electron chi connectivity index (χ1n) is 5.47. The second-order valence-corrected chi connectivity index (χ2v) is 5.43. The molecule has 20 heavy (non-hydrogen) atoms. The maximum atomic E-state index is 11.0. The Balaban J connectivity index is 2.37. The average Bonchev–Trinajstić information content (AvgIpc) is 2.42. The van der Waals surface area contributed by atoms with E-state index >= 15 is 0 Å². The van der Waals surface area contributed by atoms with Crippen molar-refractivity contribution in [2.45, 2.75) is 5.88 Å². The van der Waals surface area contributed by atoms with Crippen LogP contribution in [-0.4, -0.2) is 4.92 Å². The van der Waals surface area contributed by atoms with Crippen LogP contribution in [0, 0.1) is 10.1 Å². The first-order chi connectivity index (χ1) is 9.51. The fourth-order valence-electron chi connectivity index (χ4n) is 1.55. The molecular weight excluding hydrogens is 369 g/mol. The lowest BCUT2D eigenvalue weighted by atomic mass is 10.2. The van der Waals surface area contributed by atoms with Crippen LogP contribution < -0.4 is 4.74 Å². The number of hydrogen-bond acceptors (Lipinski definition) is 3. The molecule has 0 atom stereocenters. The summed E-state index contributed by atoms with van der Waals surface area (Å²) >= 11 is 14.8. The van der Waals surface area contributed by atoms with Crippen LogP contribution in [0.2, 0.25) is 5.02 Å². The molecule has 0 amide bonds. The summed E-state index contributed by atoms with van der Waals surface area (Å²) in [5.74, 6) is 0.961. The molecule has 0 aliphatic rings. The van der Waals surface area contributed by atoms with Gasteiger partial charge in [0.15, 0.2) is 0 Å². The monoisotopic (exact) mass is 375 g/mol. The quantitative estimate of drug-likeness (QED) is 0.399. The van der Waals surface area contributed by atoms with Gasteiger partial charge in [-0.25, -0.2) is 0 Å². The number of halogens is 3. The fourth-order valence-corrected chi connectivity index (χ4v) is 2.39. The minimum Gasteiger partial charge on any atom is -0.449 e. The lowest BCUT2D eigenvalue weighted by Crippen LogP contribution is -1.94. The van der Waals surface area contributed by atoms with Crippen LogP contribution in [0.4, 0.5) is 5.69 Å². The van der Waals surface area contributed by atoms with Crippen LogP contribution in [0.5, 0.6) is 11.5 Å². The highest BCUT2D eigenvalue weighted by atomic mass is 79.9. The van der Waals surface area contributed by atoms with Crippen molar-refractivity contribution in [3.8, 4) is 11.5 Å². The van der Waals surface area contributed by atoms with Gasteiger partial charge in [-0.3, -0.25) is 10.1 Å². The molecule has 0 radical (unpaired) electrons. The molecule has 0 saturated carbocycles. The zero-order valence-corrected chi connectivity index (χ0v) is 13.1. The molecule has 7 heteroatoms. The van der Waals surface area contributed by atoms with Crippen molar-refractivity contribution < 1.29 is 9.66 Å². The van der Waals surface area contributed by atoms with Crippen molar-refractivity contribution in [3.63, 3.8) is 0 Å². The highest BCUT2D eigenvalue weighted by Gasteiger charge is 2.17. The number of benzene rings is 2. The van der Waals surface area contributed by atoms with Crippen LogP contribution in [0.3, 0.4) is 0 Å². The van der Waals surface area contributed by atoms with Crippen molar-refractivity contribution in [2.75, 3.05) is 0 Å². The lowest BCUT2D eigenvalue weighted by Gasteiger charge is -2.09. The Kier molecular flexibility index (Phi) is 4.86. The Morgan fingerprint density at radius 3 is 2.50 bits per heavy atom. The number of hydrogen-bond donors (Lipinski definition) is 0. The van der Waals surface area contributed by atoms with Crippen LogP contribution in [0.25, 0.3) is 0 Å². The highest BCUT2D eigenvalue weighted by Crippen LogP contribution is 2.36. The van der Waals surface area contributed by atoms with Crippen LogP contribution in [-0.2, 0) is 5.88 Å². The zero-order valence-electron chi connectivity index (χ0n) is 9.98. The largest absolute Gasteiger partial charge is 0.449 e. The van der Waals surface area contributed by atoms with Crippen molar-refractivity contribution >= 4 is 44.8 Å². The first kappa shape index (κ1) is 15.1. The number of nitro groups is 1. The minimum atomic E-state index is -0.539. The van der Waals surface area contributed by atoms with Crippen molar-refractivity contribution in [1.29, 1.82) is 0 Å². The maximum absolute atomic E-state index is 11.0. The molecule has 104 valence electrons. The molecule has 0 spiro atoms. The van der Waals surface area contributed by atoms with Gasteiger partial charge in [-0.05, 0) is 45.8 Å². The molecule has 2 aromatic carbocycles. The molecule has 2 rings (SSSR count). The van der Waals surface area contributed by atoms with E-state index < -0.39 is 4.92 Å². The SMILES string of the molecule is O=[N+]([O-])c1cc(Cl)ccc1Oc1ccc(CCl)cc1Br. The molecule has 0 N–H and O–H groups in total. The van der Waals surface area contributed by atoms with Gasteiger partial charge in [0.2, 0.25) is 5.75 Å². The van der Waals surface area contributed by atoms with E-state index in [1.807, 2.05) is 0 Å². The van der Waals surface area contributed by atoms with Crippen LogP contribution >= 0.6 is 39.1 Å². The molecule has 0 unspecified atom stereocenters. The molecular formula is C13H8BrCl2NO3. The molecule has 0 aliphatic carbocycles. The second-order valence-electron chi connectivity index (χ2n) is 3.87. The Morgan fingerprint density at radius 1 is 1.20 bits per heavy atom. The van der Waals surface area contributed by atoms with Gasteiger partial charge in [0.25, 0.3) is 0 Å². The third-order valence-electron chi connectivity index (χ3n) is 2.49. The molecule has 0 aliphatic heterocycles. The summed E-state index contributed by atoms with van der Waals surface area (Å²) in [6.45, 7) is 0. The smallest absolute Gasteiger partial charge is 0.313 e. The van der Waals surface area contributed by atoms with Gasteiger partial charge in [0, 0.05) is 17.0 Å². The predicted molar refractivity (Wildman–Crippen MR) is 81.9 cm³/mol. The van der Waals surface area contributed by atoms with Gasteiger partial charge in [0.05, 0.1) is 9.40 Å². The number of ether oxygens (including phenoxy) is 1. The van der Waals surface area contributed by atoms with E-state index in [1.54, 1.807) is 18.2 Å². The summed E-state index contributed by atoms with van der Waals surface area (Å²) < 4.78 is 6.23. The number of rotatable bonds is 4. The summed E-state index contributed by atoms with van der Waals surface area (Å²) in [5, 5.41) is 11.3. The molecule has 4 nitrogen and oxygen atoms in total. The third-order valence-corrected chi connectivity index (χ3v) is 3.65. The molecule has 0 bridgehead atoms. The Morgan fingerprint density at radius 2 is 1.90 bits per heavy atom. The first-order valence-corrected chi connectivity index (χ1v) is 7.18. The van der Waals surface area contributed by atoms with Gasteiger partial charge < -0.3 is 4.74 Å². The summed E-state index contributed by atoms with van der Waals surface area (Å²) in [7, 11) is 0. The van der Waals surface area contributed by atoms with Gasteiger partial charge in [-0.2, -0.15) is 0 Å². The number of nitro benzene ring substituents is 1. The molecule has 0 saturated heterocycles. The summed E-state index contributed by atoms with van der Waals surface area (Å²) in [5.41, 5.74) is 0.724. The van der Waals surface area contributed by atoms with Gasteiger partial charge in [-0.15, -0.1) is 11.6 Å². The van der Waals surface area contributed by atoms with E-state index in [-0.39, 0.29) is 16.5 Å². The highest BCUT2D eigenvalue weighted by molar-refractivity contribution is 9.10. The normalized spacial score (nSPS) is 10.3. The Hall–Kier alpha value is -1.30. The van der Waals surface area contributed by atoms with Gasteiger partial charge in [-0.1, -0.05) is 17.7 Å². The van der Waals surface area contributed by atoms with Crippen LogP contribution in [0.1, 0.15) is 5.56 Å². The molecule has 0 aromatic heterocycles. The van der Waals surface area contributed by atoms with Crippen LogP contribution in [0.15, 0.2) is 40.9 Å². The van der Waals surface area contributed by atoms with Crippen molar-refractivity contribution in [3.05, 3.63) is 61.6 Å². The van der Waals surface area contributed by atoms with E-state index in [9.17, 15) is 10.1 Å². The zero-order chi connectivity index (χ0) is 14.7. The van der Waals surface area contributed by atoms with Crippen molar-refractivity contribution in [2.24, 2.45) is 0 Å². The van der Waals surface area contributed by atoms with E-state index in [0.717, 1.165) is 5.56 Å². The minimum absolute atomic E-state index is 0.124. The lowest BCUT2D eigenvalue weighted by molar-refractivity contribution is -0.385. The fraction of sp³-hybridized carbons (Fsp3) is 0.0769. The molecule has 0 heterocycles. The second kappa shape index (κ2) is 6.43. The topological polar surface area (TPSA) is 52.4 Å². The third kappa shape index (κ3) is 3.42. The number of alkyl halides is 1. The van der Waals surface area contributed by atoms with E-state index in [0.29, 0.717) is 16.1 Å². The predicted octanol–water partition coefficient (Wildman–Crippen LogP) is 5.54. The summed E-state index contributed by atoms with van der Waals surface area (Å²) in [6, 6.07) is 9.52. The Labute approximate surface area is 133 Å². The summed E-state index contributed by atoms with van der Waals surface area (Å²) in [6.07, 6.45) is 0.